The maximum atomic E-state index is 12.8. The molecule has 3 aliphatic rings. The first-order valence-electron chi connectivity index (χ1n) is 8.75. The van der Waals surface area contributed by atoms with E-state index in [1.165, 1.54) is 12.8 Å². The van der Waals surface area contributed by atoms with Crippen molar-refractivity contribution in [2.24, 2.45) is 5.92 Å². The summed E-state index contributed by atoms with van der Waals surface area (Å²) in [5.74, 6) is 2.49. The Kier molecular flexibility index (Phi) is 4.09. The highest BCUT2D eigenvalue weighted by atomic mass is 19.1. The first kappa shape index (κ1) is 15.1. The van der Waals surface area contributed by atoms with Gasteiger partial charge in [-0.05, 0) is 25.7 Å². The topological polar surface area (TPSA) is 49.6 Å². The van der Waals surface area contributed by atoms with Gasteiger partial charge in [0.2, 0.25) is 11.8 Å². The Balaban J connectivity index is 1.28. The second kappa shape index (κ2) is 6.23. The number of nitrogens with zero attached hydrogens (tertiary/aromatic N) is 3. The van der Waals surface area contributed by atoms with Gasteiger partial charge in [-0.15, -0.1) is 0 Å². The summed E-state index contributed by atoms with van der Waals surface area (Å²) in [4.78, 5) is 20.6. The van der Waals surface area contributed by atoms with E-state index in [-0.39, 0.29) is 24.5 Å². The van der Waals surface area contributed by atoms with Crippen LogP contribution in [0.5, 0.6) is 0 Å². The molecule has 4 rings (SSSR count). The number of likely N-dealkylation sites (tertiary alicyclic amines) is 2. The molecule has 1 unspecified atom stereocenters. The summed E-state index contributed by atoms with van der Waals surface area (Å²) in [5.41, 5.74) is 0. The van der Waals surface area contributed by atoms with Gasteiger partial charge in [0.05, 0.1) is 19.4 Å². The van der Waals surface area contributed by atoms with Gasteiger partial charge in [0.25, 0.3) is 0 Å². The van der Waals surface area contributed by atoms with Crippen molar-refractivity contribution in [2.45, 2.75) is 50.6 Å². The van der Waals surface area contributed by atoms with Crippen molar-refractivity contribution in [1.29, 1.82) is 0 Å². The Morgan fingerprint density at radius 2 is 2.04 bits per heavy atom. The van der Waals surface area contributed by atoms with E-state index in [9.17, 15) is 9.18 Å². The lowest BCUT2D eigenvalue weighted by molar-refractivity contribution is -0.130. The molecule has 2 aliphatic heterocycles. The molecule has 1 saturated carbocycles. The lowest BCUT2D eigenvalue weighted by Gasteiger charge is -2.36. The second-order valence-corrected chi connectivity index (χ2v) is 7.21. The van der Waals surface area contributed by atoms with Crippen LogP contribution in [0.4, 0.5) is 4.39 Å². The van der Waals surface area contributed by atoms with Crippen LogP contribution in [0.3, 0.4) is 0 Å². The average molecular weight is 321 g/mol. The first-order chi connectivity index (χ1) is 11.2. The molecule has 1 aromatic heterocycles. The third-order valence-corrected chi connectivity index (χ3v) is 5.36. The highest BCUT2D eigenvalue weighted by Gasteiger charge is 2.36. The van der Waals surface area contributed by atoms with Crippen LogP contribution in [0.1, 0.15) is 49.7 Å². The summed E-state index contributed by atoms with van der Waals surface area (Å²) in [6.07, 6.45) is 6.63. The monoisotopic (exact) mass is 321 g/mol. The van der Waals surface area contributed by atoms with Gasteiger partial charge in [0.1, 0.15) is 5.76 Å². The fourth-order valence-corrected chi connectivity index (χ4v) is 3.80. The maximum Gasteiger partial charge on any atom is 0.223 e. The van der Waals surface area contributed by atoms with E-state index in [4.69, 9.17) is 4.42 Å². The third-order valence-electron chi connectivity index (χ3n) is 5.36. The van der Waals surface area contributed by atoms with Gasteiger partial charge in [0, 0.05) is 43.9 Å². The molecule has 1 aliphatic carbocycles. The highest BCUT2D eigenvalue weighted by Crippen LogP contribution is 2.40. The van der Waals surface area contributed by atoms with Crippen LogP contribution < -0.4 is 0 Å². The minimum absolute atomic E-state index is 0.0892. The molecule has 6 heteroatoms. The van der Waals surface area contributed by atoms with Crippen molar-refractivity contribution in [3.05, 3.63) is 17.8 Å². The number of hydrogen-bond acceptors (Lipinski definition) is 4. The molecule has 0 radical (unpaired) electrons. The molecule has 0 N–H and O–H groups in total. The second-order valence-electron chi connectivity index (χ2n) is 7.21. The molecule has 1 amide bonds. The molecule has 126 valence electrons. The smallest absolute Gasteiger partial charge is 0.223 e. The summed E-state index contributed by atoms with van der Waals surface area (Å²) in [6, 6.07) is 0.280. The molecule has 1 atom stereocenters. The zero-order valence-corrected chi connectivity index (χ0v) is 13.4. The number of alkyl halides is 1. The van der Waals surface area contributed by atoms with Crippen molar-refractivity contribution in [2.75, 3.05) is 26.3 Å². The van der Waals surface area contributed by atoms with Gasteiger partial charge in [-0.25, -0.2) is 4.98 Å². The van der Waals surface area contributed by atoms with E-state index in [2.05, 4.69) is 9.88 Å². The van der Waals surface area contributed by atoms with E-state index < -0.39 is 0 Å². The van der Waals surface area contributed by atoms with Crippen LogP contribution in [0.2, 0.25) is 0 Å². The van der Waals surface area contributed by atoms with Crippen molar-refractivity contribution < 1.29 is 13.6 Å². The standard InChI is InChI=1S/C17H24FN3O2/c18-8-12-7-17(22)21(10-12)14-3-5-20(6-4-14)11-16-19-9-15(23-16)13-1-2-13/h9,12-14H,1-8,10-11H2. The Labute approximate surface area is 135 Å². The Morgan fingerprint density at radius 1 is 1.26 bits per heavy atom. The molecule has 3 heterocycles. The zero-order chi connectivity index (χ0) is 15.8. The van der Waals surface area contributed by atoms with Crippen molar-refractivity contribution in [1.82, 2.24) is 14.8 Å². The van der Waals surface area contributed by atoms with Crippen molar-refractivity contribution in [3.8, 4) is 0 Å². The van der Waals surface area contributed by atoms with Gasteiger partial charge >= 0.3 is 0 Å². The number of halogens is 1. The van der Waals surface area contributed by atoms with Crippen molar-refractivity contribution in [3.63, 3.8) is 0 Å². The molecule has 0 aromatic carbocycles. The fraction of sp³-hybridized carbons (Fsp3) is 0.765. The summed E-state index contributed by atoms with van der Waals surface area (Å²) >= 11 is 0. The Morgan fingerprint density at radius 3 is 2.70 bits per heavy atom. The highest BCUT2D eigenvalue weighted by molar-refractivity contribution is 5.79. The van der Waals surface area contributed by atoms with Gasteiger partial charge in [0.15, 0.2) is 0 Å². The van der Waals surface area contributed by atoms with Crippen LogP contribution in [0, 0.1) is 5.92 Å². The van der Waals surface area contributed by atoms with E-state index in [0.29, 0.717) is 18.9 Å². The normalized spacial score (nSPS) is 27.1. The average Bonchev–Trinajstić information content (AvgIpc) is 3.20. The first-order valence-corrected chi connectivity index (χ1v) is 8.75. The molecule has 3 fully saturated rings. The number of rotatable bonds is 5. The number of hydrogen-bond donors (Lipinski definition) is 0. The number of carbonyl (C=O) groups is 1. The largest absolute Gasteiger partial charge is 0.444 e. The number of piperidine rings is 1. The third kappa shape index (κ3) is 3.27. The maximum absolute atomic E-state index is 12.8. The summed E-state index contributed by atoms with van der Waals surface area (Å²) in [6.45, 7) is 2.85. The van der Waals surface area contributed by atoms with Gasteiger partial charge in [-0.1, -0.05) is 0 Å². The number of amides is 1. The minimum Gasteiger partial charge on any atom is -0.444 e. The molecule has 0 spiro atoms. The van der Waals surface area contributed by atoms with E-state index >= 15 is 0 Å². The molecular weight excluding hydrogens is 297 g/mol. The summed E-state index contributed by atoms with van der Waals surface area (Å²) in [5, 5.41) is 0. The van der Waals surface area contributed by atoms with Crippen LogP contribution >= 0.6 is 0 Å². The SMILES string of the molecule is O=C1CC(CF)CN1C1CCN(Cc2ncc(C3CC3)o2)CC1. The van der Waals surface area contributed by atoms with Crippen LogP contribution in [-0.2, 0) is 11.3 Å². The van der Waals surface area contributed by atoms with Crippen LogP contribution in [-0.4, -0.2) is 53.0 Å². The minimum atomic E-state index is -0.380. The molecule has 1 aromatic rings. The molecule has 23 heavy (non-hydrogen) atoms. The van der Waals surface area contributed by atoms with Crippen molar-refractivity contribution >= 4 is 5.91 Å². The zero-order valence-electron chi connectivity index (χ0n) is 13.4. The fourth-order valence-electron chi connectivity index (χ4n) is 3.80. The summed E-state index contributed by atoms with van der Waals surface area (Å²) in [7, 11) is 0. The molecule has 2 saturated heterocycles. The van der Waals surface area contributed by atoms with E-state index in [0.717, 1.165) is 44.1 Å². The predicted molar refractivity (Wildman–Crippen MR) is 82.6 cm³/mol. The molecular formula is C17H24FN3O2. The van der Waals surface area contributed by atoms with E-state index in [1.54, 1.807) is 0 Å². The lowest BCUT2D eigenvalue weighted by atomic mass is 10.0. The van der Waals surface area contributed by atoms with Gasteiger partial charge in [-0.3, -0.25) is 14.1 Å². The Hall–Kier alpha value is -1.43. The van der Waals surface area contributed by atoms with Gasteiger partial charge < -0.3 is 9.32 Å². The number of oxazole rings is 1. The number of aromatic nitrogens is 1. The summed E-state index contributed by atoms with van der Waals surface area (Å²) < 4.78 is 18.6. The van der Waals surface area contributed by atoms with Gasteiger partial charge in [-0.2, -0.15) is 0 Å². The molecule has 5 nitrogen and oxygen atoms in total. The lowest BCUT2D eigenvalue weighted by Crippen LogP contribution is -2.45. The quantitative estimate of drug-likeness (QED) is 0.835. The molecule has 0 bridgehead atoms. The van der Waals surface area contributed by atoms with Crippen LogP contribution in [0.25, 0.3) is 0 Å². The number of carbonyl (C=O) groups excluding carboxylic acids is 1. The van der Waals surface area contributed by atoms with Crippen LogP contribution in [0.15, 0.2) is 10.6 Å². The van der Waals surface area contributed by atoms with E-state index in [1.807, 2.05) is 11.1 Å². The Bertz CT molecular complexity index is 564. The predicted octanol–water partition coefficient (Wildman–Crippen LogP) is 2.33.